The quantitative estimate of drug-likeness (QED) is 0.829. The van der Waals surface area contributed by atoms with Crippen molar-refractivity contribution < 1.29 is 13.2 Å². The predicted molar refractivity (Wildman–Crippen MR) is 56.0 cm³/mol. The standard InChI is InChI=1S/C12H14F3N/c1-8-6-11(8,7-16)9-3-2-4-10(5-9)12(13,14)15/h2-5,8H,6-7,16H2,1H3. The molecule has 0 radical (unpaired) electrons. The van der Waals surface area contributed by atoms with Crippen LogP contribution >= 0.6 is 0 Å². The molecule has 2 N–H and O–H groups in total. The Kier molecular flexibility index (Phi) is 2.49. The van der Waals surface area contributed by atoms with E-state index in [0.717, 1.165) is 18.1 Å². The van der Waals surface area contributed by atoms with Gasteiger partial charge in [0.1, 0.15) is 0 Å². The van der Waals surface area contributed by atoms with Gasteiger partial charge in [-0.1, -0.05) is 25.1 Å². The highest BCUT2D eigenvalue weighted by Crippen LogP contribution is 2.53. The summed E-state index contributed by atoms with van der Waals surface area (Å²) in [5.74, 6) is 0.376. The van der Waals surface area contributed by atoms with E-state index in [9.17, 15) is 13.2 Å². The molecule has 1 aliphatic rings. The molecule has 0 aliphatic heterocycles. The van der Waals surface area contributed by atoms with Crippen LogP contribution in [0.1, 0.15) is 24.5 Å². The number of alkyl halides is 3. The van der Waals surface area contributed by atoms with Gasteiger partial charge in [-0.05, 0) is 24.0 Å². The lowest BCUT2D eigenvalue weighted by molar-refractivity contribution is -0.137. The van der Waals surface area contributed by atoms with Crippen molar-refractivity contribution in [2.24, 2.45) is 11.7 Å². The average Bonchev–Trinajstić information content (AvgIpc) is 2.90. The zero-order valence-electron chi connectivity index (χ0n) is 9.01. The second kappa shape index (κ2) is 3.48. The zero-order valence-corrected chi connectivity index (χ0v) is 9.01. The molecule has 2 unspecified atom stereocenters. The molecule has 0 heterocycles. The summed E-state index contributed by atoms with van der Waals surface area (Å²) in [6.45, 7) is 2.43. The highest BCUT2D eigenvalue weighted by Gasteiger charge is 2.51. The first-order valence-corrected chi connectivity index (χ1v) is 5.28. The van der Waals surface area contributed by atoms with Gasteiger partial charge in [0.05, 0.1) is 5.56 Å². The maximum Gasteiger partial charge on any atom is 0.416 e. The summed E-state index contributed by atoms with van der Waals surface area (Å²) in [5.41, 5.74) is 5.58. The molecule has 16 heavy (non-hydrogen) atoms. The zero-order chi connectivity index (χ0) is 12.0. The Morgan fingerprint density at radius 2 is 2.06 bits per heavy atom. The molecule has 1 fully saturated rings. The molecule has 1 aromatic rings. The van der Waals surface area contributed by atoms with Crippen LogP contribution in [0.15, 0.2) is 24.3 Å². The Labute approximate surface area is 92.5 Å². The molecule has 0 saturated heterocycles. The molecule has 0 spiro atoms. The molecular formula is C12H14F3N. The van der Waals surface area contributed by atoms with Crippen LogP contribution in [0.3, 0.4) is 0 Å². The predicted octanol–water partition coefficient (Wildman–Crippen LogP) is 2.94. The van der Waals surface area contributed by atoms with E-state index in [0.29, 0.717) is 12.5 Å². The fourth-order valence-corrected chi connectivity index (χ4v) is 2.30. The Morgan fingerprint density at radius 1 is 1.44 bits per heavy atom. The van der Waals surface area contributed by atoms with Gasteiger partial charge in [-0.25, -0.2) is 0 Å². The average molecular weight is 229 g/mol. The van der Waals surface area contributed by atoms with Crippen molar-refractivity contribution in [3.05, 3.63) is 35.4 Å². The Hall–Kier alpha value is -1.03. The summed E-state index contributed by atoms with van der Waals surface area (Å²) >= 11 is 0. The molecule has 2 rings (SSSR count). The highest BCUT2D eigenvalue weighted by molar-refractivity contribution is 5.37. The summed E-state index contributed by atoms with van der Waals surface area (Å²) in [6, 6.07) is 5.53. The summed E-state index contributed by atoms with van der Waals surface area (Å²) in [5, 5.41) is 0. The smallest absolute Gasteiger partial charge is 0.330 e. The van der Waals surface area contributed by atoms with Gasteiger partial charge in [-0.3, -0.25) is 0 Å². The van der Waals surface area contributed by atoms with Crippen molar-refractivity contribution in [3.63, 3.8) is 0 Å². The third-order valence-electron chi connectivity index (χ3n) is 3.58. The molecule has 1 nitrogen and oxygen atoms in total. The normalized spacial score (nSPS) is 29.2. The maximum absolute atomic E-state index is 12.5. The van der Waals surface area contributed by atoms with Gasteiger partial charge < -0.3 is 5.73 Å². The van der Waals surface area contributed by atoms with Gasteiger partial charge in [0.15, 0.2) is 0 Å². The van der Waals surface area contributed by atoms with Crippen LogP contribution in [0.4, 0.5) is 13.2 Å². The van der Waals surface area contributed by atoms with Crippen LogP contribution in [-0.2, 0) is 11.6 Å². The first-order chi connectivity index (χ1) is 7.40. The lowest BCUT2D eigenvalue weighted by Gasteiger charge is -2.16. The van der Waals surface area contributed by atoms with Crippen LogP contribution in [0, 0.1) is 5.92 Å². The number of hydrogen-bond donors (Lipinski definition) is 1. The summed E-state index contributed by atoms with van der Waals surface area (Å²) in [7, 11) is 0. The third kappa shape index (κ3) is 1.71. The number of halogens is 3. The number of rotatable bonds is 2. The van der Waals surface area contributed by atoms with E-state index in [1.54, 1.807) is 6.07 Å². The Balaban J connectivity index is 2.37. The minimum Gasteiger partial charge on any atom is -0.330 e. The van der Waals surface area contributed by atoms with Gasteiger partial charge in [0, 0.05) is 12.0 Å². The van der Waals surface area contributed by atoms with Gasteiger partial charge in [0.25, 0.3) is 0 Å². The maximum atomic E-state index is 12.5. The lowest BCUT2D eigenvalue weighted by Crippen LogP contribution is -2.22. The summed E-state index contributed by atoms with van der Waals surface area (Å²) < 4.78 is 37.6. The van der Waals surface area contributed by atoms with E-state index in [1.165, 1.54) is 12.1 Å². The van der Waals surface area contributed by atoms with Crippen molar-refractivity contribution in [2.45, 2.75) is 24.9 Å². The van der Waals surface area contributed by atoms with Crippen LogP contribution in [0.25, 0.3) is 0 Å². The lowest BCUT2D eigenvalue weighted by atomic mass is 9.92. The SMILES string of the molecule is CC1CC1(CN)c1cccc(C(F)(F)F)c1. The van der Waals surface area contributed by atoms with Crippen molar-refractivity contribution >= 4 is 0 Å². The number of benzene rings is 1. The molecule has 1 aromatic carbocycles. The van der Waals surface area contributed by atoms with E-state index in [1.807, 2.05) is 6.92 Å². The van der Waals surface area contributed by atoms with E-state index in [-0.39, 0.29) is 5.41 Å². The van der Waals surface area contributed by atoms with Gasteiger partial charge >= 0.3 is 6.18 Å². The second-order valence-corrected chi connectivity index (χ2v) is 4.54. The van der Waals surface area contributed by atoms with Crippen LogP contribution in [0.5, 0.6) is 0 Å². The van der Waals surface area contributed by atoms with Crippen molar-refractivity contribution in [1.82, 2.24) is 0 Å². The fourth-order valence-electron chi connectivity index (χ4n) is 2.30. The first kappa shape index (κ1) is 11.5. The van der Waals surface area contributed by atoms with E-state index in [4.69, 9.17) is 5.73 Å². The molecule has 0 amide bonds. The topological polar surface area (TPSA) is 26.0 Å². The molecule has 0 bridgehead atoms. The summed E-state index contributed by atoms with van der Waals surface area (Å²) in [4.78, 5) is 0. The van der Waals surface area contributed by atoms with Crippen molar-refractivity contribution in [1.29, 1.82) is 0 Å². The molecule has 1 aliphatic carbocycles. The van der Waals surface area contributed by atoms with Gasteiger partial charge in [0.2, 0.25) is 0 Å². The van der Waals surface area contributed by atoms with Crippen LogP contribution in [-0.4, -0.2) is 6.54 Å². The van der Waals surface area contributed by atoms with Crippen molar-refractivity contribution in [3.8, 4) is 0 Å². The molecule has 0 aromatic heterocycles. The van der Waals surface area contributed by atoms with Crippen LogP contribution < -0.4 is 5.73 Å². The summed E-state index contributed by atoms with van der Waals surface area (Å²) in [6.07, 6.45) is -3.39. The fraction of sp³-hybridized carbons (Fsp3) is 0.500. The largest absolute Gasteiger partial charge is 0.416 e. The monoisotopic (exact) mass is 229 g/mol. The van der Waals surface area contributed by atoms with Gasteiger partial charge in [-0.2, -0.15) is 13.2 Å². The Morgan fingerprint density at radius 3 is 2.50 bits per heavy atom. The molecule has 4 heteroatoms. The molecule has 88 valence electrons. The third-order valence-corrected chi connectivity index (χ3v) is 3.58. The Bertz CT molecular complexity index is 395. The first-order valence-electron chi connectivity index (χ1n) is 5.28. The highest BCUT2D eigenvalue weighted by atomic mass is 19.4. The number of nitrogens with two attached hydrogens (primary N) is 1. The van der Waals surface area contributed by atoms with E-state index < -0.39 is 11.7 Å². The van der Waals surface area contributed by atoms with E-state index in [2.05, 4.69) is 0 Å². The van der Waals surface area contributed by atoms with Crippen molar-refractivity contribution in [2.75, 3.05) is 6.54 Å². The number of hydrogen-bond acceptors (Lipinski definition) is 1. The molecule has 2 atom stereocenters. The molecule has 1 saturated carbocycles. The van der Waals surface area contributed by atoms with Crippen LogP contribution in [0.2, 0.25) is 0 Å². The molecular weight excluding hydrogens is 215 g/mol. The second-order valence-electron chi connectivity index (χ2n) is 4.54. The van der Waals surface area contributed by atoms with Gasteiger partial charge in [-0.15, -0.1) is 0 Å². The minimum atomic E-state index is -4.27. The minimum absolute atomic E-state index is 0.221. The van der Waals surface area contributed by atoms with E-state index >= 15 is 0 Å².